The molecular formula is C7H15N5S. The van der Waals surface area contributed by atoms with Gasteiger partial charge in [0.2, 0.25) is 10.7 Å². The van der Waals surface area contributed by atoms with E-state index < -0.39 is 0 Å². The maximum atomic E-state index is 4.85. The van der Waals surface area contributed by atoms with Crippen molar-refractivity contribution < 1.29 is 0 Å². The van der Waals surface area contributed by atoms with E-state index in [2.05, 4.69) is 20.5 Å². The Morgan fingerprint density at radius 2 is 2.31 bits per heavy atom. The maximum absolute atomic E-state index is 4.85. The SMILES string of the molecule is CNCCCN(C)c1nc(=S)[nH][nH]1. The minimum Gasteiger partial charge on any atom is -0.344 e. The molecule has 0 aliphatic rings. The summed E-state index contributed by atoms with van der Waals surface area (Å²) in [5.41, 5.74) is 0. The molecule has 5 nitrogen and oxygen atoms in total. The van der Waals surface area contributed by atoms with Crippen LogP contribution in [0.3, 0.4) is 0 Å². The van der Waals surface area contributed by atoms with Crippen molar-refractivity contribution >= 4 is 18.2 Å². The smallest absolute Gasteiger partial charge is 0.220 e. The molecule has 0 saturated carbocycles. The van der Waals surface area contributed by atoms with Gasteiger partial charge in [-0.15, -0.1) is 0 Å². The molecule has 6 heteroatoms. The summed E-state index contributed by atoms with van der Waals surface area (Å²) in [5.74, 6) is 0.793. The minimum atomic E-state index is 0.496. The van der Waals surface area contributed by atoms with Crippen LogP contribution in [0.1, 0.15) is 6.42 Å². The summed E-state index contributed by atoms with van der Waals surface area (Å²) >= 11 is 4.85. The van der Waals surface area contributed by atoms with Crippen molar-refractivity contribution in [1.29, 1.82) is 0 Å². The third-order valence-corrected chi connectivity index (χ3v) is 1.96. The Hall–Kier alpha value is -0.880. The van der Waals surface area contributed by atoms with E-state index in [0.717, 1.165) is 25.5 Å². The van der Waals surface area contributed by atoms with E-state index in [1.54, 1.807) is 0 Å². The van der Waals surface area contributed by atoms with E-state index in [0.29, 0.717) is 4.77 Å². The molecule has 1 aromatic heterocycles. The first-order valence-corrected chi connectivity index (χ1v) is 4.65. The molecule has 0 unspecified atom stereocenters. The summed E-state index contributed by atoms with van der Waals surface area (Å²) in [6, 6.07) is 0. The highest BCUT2D eigenvalue weighted by atomic mass is 32.1. The van der Waals surface area contributed by atoms with Gasteiger partial charge < -0.3 is 10.2 Å². The van der Waals surface area contributed by atoms with Gasteiger partial charge in [-0.3, -0.25) is 10.2 Å². The van der Waals surface area contributed by atoms with Crippen molar-refractivity contribution in [2.45, 2.75) is 6.42 Å². The third kappa shape index (κ3) is 3.16. The summed E-state index contributed by atoms with van der Waals surface area (Å²) in [4.78, 5) is 6.13. The van der Waals surface area contributed by atoms with Gasteiger partial charge >= 0.3 is 0 Å². The predicted octanol–water partition coefficient (Wildman–Crippen LogP) is 0.513. The molecule has 1 heterocycles. The van der Waals surface area contributed by atoms with Crippen molar-refractivity contribution in [3.05, 3.63) is 4.77 Å². The predicted molar refractivity (Wildman–Crippen MR) is 55.6 cm³/mol. The highest BCUT2D eigenvalue weighted by Crippen LogP contribution is 2.01. The Labute approximate surface area is 82.5 Å². The van der Waals surface area contributed by atoms with Crippen LogP contribution < -0.4 is 10.2 Å². The van der Waals surface area contributed by atoms with Gasteiger partial charge in [-0.25, -0.2) is 0 Å². The zero-order valence-electron chi connectivity index (χ0n) is 7.92. The number of nitrogens with zero attached hydrogens (tertiary/aromatic N) is 2. The Bertz CT molecular complexity index is 291. The molecule has 0 saturated heterocycles. The fourth-order valence-corrected chi connectivity index (χ4v) is 1.18. The van der Waals surface area contributed by atoms with Crippen molar-refractivity contribution in [2.24, 2.45) is 0 Å². The van der Waals surface area contributed by atoms with Crippen LogP contribution >= 0.6 is 12.2 Å². The summed E-state index contributed by atoms with van der Waals surface area (Å²) in [6.45, 7) is 1.96. The fraction of sp³-hybridized carbons (Fsp3) is 0.714. The zero-order chi connectivity index (χ0) is 9.68. The van der Waals surface area contributed by atoms with Gasteiger partial charge in [0.15, 0.2) is 0 Å². The van der Waals surface area contributed by atoms with Crippen LogP contribution in [0, 0.1) is 4.77 Å². The number of H-pyrrole nitrogens is 2. The second-order valence-corrected chi connectivity index (χ2v) is 3.26. The second-order valence-electron chi connectivity index (χ2n) is 2.87. The molecule has 0 radical (unpaired) electrons. The number of aromatic nitrogens is 3. The maximum Gasteiger partial charge on any atom is 0.220 e. The summed E-state index contributed by atoms with van der Waals surface area (Å²) in [7, 11) is 3.93. The van der Waals surface area contributed by atoms with E-state index in [9.17, 15) is 0 Å². The first-order chi connectivity index (χ1) is 6.24. The third-order valence-electron chi connectivity index (χ3n) is 1.77. The quantitative estimate of drug-likeness (QED) is 0.480. The average molecular weight is 201 g/mol. The lowest BCUT2D eigenvalue weighted by Gasteiger charge is -2.14. The number of anilines is 1. The molecule has 0 aromatic carbocycles. The van der Waals surface area contributed by atoms with E-state index in [1.165, 1.54) is 0 Å². The molecule has 0 fully saturated rings. The van der Waals surface area contributed by atoms with Gasteiger partial charge in [0.25, 0.3) is 0 Å². The van der Waals surface area contributed by atoms with Gasteiger partial charge in [0.1, 0.15) is 0 Å². The molecule has 0 aliphatic heterocycles. The van der Waals surface area contributed by atoms with Gasteiger partial charge in [-0.1, -0.05) is 0 Å². The number of hydrogen-bond donors (Lipinski definition) is 3. The second kappa shape index (κ2) is 4.98. The van der Waals surface area contributed by atoms with Crippen molar-refractivity contribution in [3.8, 4) is 0 Å². The summed E-state index contributed by atoms with van der Waals surface area (Å²) in [5, 5.41) is 8.75. The zero-order valence-corrected chi connectivity index (χ0v) is 8.74. The fourth-order valence-electron chi connectivity index (χ4n) is 1.04. The van der Waals surface area contributed by atoms with Gasteiger partial charge in [-0.05, 0) is 32.2 Å². The normalized spacial score (nSPS) is 10.3. The highest BCUT2D eigenvalue weighted by Gasteiger charge is 2.02. The van der Waals surface area contributed by atoms with Crippen LogP contribution in [0.15, 0.2) is 0 Å². The van der Waals surface area contributed by atoms with E-state index >= 15 is 0 Å². The van der Waals surface area contributed by atoms with Crippen LogP contribution in [-0.4, -0.2) is 42.4 Å². The number of aromatic amines is 2. The lowest BCUT2D eigenvalue weighted by Crippen LogP contribution is -2.23. The molecular weight excluding hydrogens is 186 g/mol. The first kappa shape index (κ1) is 10.2. The highest BCUT2D eigenvalue weighted by molar-refractivity contribution is 7.71. The van der Waals surface area contributed by atoms with Crippen LogP contribution in [-0.2, 0) is 0 Å². The van der Waals surface area contributed by atoms with Gasteiger partial charge in [0, 0.05) is 13.6 Å². The van der Waals surface area contributed by atoms with Crippen molar-refractivity contribution in [2.75, 3.05) is 32.1 Å². The molecule has 0 spiro atoms. The Balaban J connectivity index is 2.39. The van der Waals surface area contributed by atoms with Gasteiger partial charge in [-0.2, -0.15) is 4.98 Å². The lowest BCUT2D eigenvalue weighted by molar-refractivity contribution is 0.705. The van der Waals surface area contributed by atoms with E-state index in [1.807, 2.05) is 19.0 Å². The molecule has 0 amide bonds. The summed E-state index contributed by atoms with van der Waals surface area (Å²) < 4.78 is 0.496. The van der Waals surface area contributed by atoms with Crippen LogP contribution in [0.2, 0.25) is 0 Å². The van der Waals surface area contributed by atoms with Crippen LogP contribution in [0.5, 0.6) is 0 Å². The lowest BCUT2D eigenvalue weighted by atomic mass is 10.4. The molecule has 0 atom stereocenters. The van der Waals surface area contributed by atoms with E-state index in [4.69, 9.17) is 12.2 Å². The Morgan fingerprint density at radius 3 is 2.85 bits per heavy atom. The molecule has 0 aliphatic carbocycles. The average Bonchev–Trinajstić information content (AvgIpc) is 2.52. The van der Waals surface area contributed by atoms with Crippen molar-refractivity contribution in [1.82, 2.24) is 20.5 Å². The Morgan fingerprint density at radius 1 is 1.54 bits per heavy atom. The van der Waals surface area contributed by atoms with Gasteiger partial charge in [0.05, 0.1) is 0 Å². The van der Waals surface area contributed by atoms with Crippen LogP contribution in [0.25, 0.3) is 0 Å². The van der Waals surface area contributed by atoms with Crippen molar-refractivity contribution in [3.63, 3.8) is 0 Å². The number of hydrogen-bond acceptors (Lipinski definition) is 4. The monoisotopic (exact) mass is 201 g/mol. The topological polar surface area (TPSA) is 59.7 Å². The number of rotatable bonds is 5. The molecule has 3 N–H and O–H groups in total. The number of nitrogens with one attached hydrogen (secondary N) is 3. The Kier molecular flexibility index (Phi) is 3.91. The molecule has 1 aromatic rings. The largest absolute Gasteiger partial charge is 0.344 e. The molecule has 13 heavy (non-hydrogen) atoms. The standard InChI is InChI=1S/C7H15N5S/c1-8-4-3-5-12(2)6-9-7(13)11-10-6/h8H,3-5H2,1-2H3,(H2,9,10,11,13). The molecule has 74 valence electrons. The van der Waals surface area contributed by atoms with Crippen LogP contribution in [0.4, 0.5) is 5.95 Å². The first-order valence-electron chi connectivity index (χ1n) is 4.24. The van der Waals surface area contributed by atoms with E-state index in [-0.39, 0.29) is 0 Å². The minimum absolute atomic E-state index is 0.496. The summed E-state index contributed by atoms with van der Waals surface area (Å²) in [6.07, 6.45) is 1.08. The molecule has 1 rings (SSSR count). The molecule has 0 bridgehead atoms.